The molecule has 0 aliphatic heterocycles. The number of aromatic amines is 1. The number of rotatable bonds is 6. The molecule has 1 aliphatic carbocycles. The molecule has 8 heteroatoms. The quantitative estimate of drug-likeness (QED) is 0.542. The number of H-pyrrole nitrogens is 1. The maximum absolute atomic E-state index is 13.5. The largest absolute Gasteiger partial charge is 0.489 e. The van der Waals surface area contributed by atoms with Crippen molar-refractivity contribution in [3.8, 4) is 5.75 Å². The van der Waals surface area contributed by atoms with Gasteiger partial charge in [0, 0.05) is 11.6 Å². The van der Waals surface area contributed by atoms with Crippen LogP contribution in [0.4, 0.5) is 4.39 Å². The second kappa shape index (κ2) is 8.71. The minimum absolute atomic E-state index is 0.0462. The van der Waals surface area contributed by atoms with Crippen molar-refractivity contribution in [3.05, 3.63) is 64.3 Å². The normalized spacial score (nSPS) is 19.0. The van der Waals surface area contributed by atoms with Crippen LogP contribution in [-0.2, 0) is 0 Å². The van der Waals surface area contributed by atoms with Crippen molar-refractivity contribution in [2.24, 2.45) is 0 Å². The van der Waals surface area contributed by atoms with E-state index in [9.17, 15) is 19.1 Å². The van der Waals surface area contributed by atoms with Gasteiger partial charge in [-0.3, -0.25) is 9.36 Å². The minimum atomic E-state index is -0.449. The first-order valence-electron chi connectivity index (χ1n) is 10.1. The Kier molecular flexibility index (Phi) is 5.85. The molecule has 3 aromatic rings. The summed E-state index contributed by atoms with van der Waals surface area (Å²) in [5.41, 5.74) is 1.56. The smallest absolute Gasteiger partial charge is 0.326 e. The molecule has 1 heterocycles. The van der Waals surface area contributed by atoms with Gasteiger partial charge < -0.3 is 20.1 Å². The number of hydrogen-bond acceptors (Lipinski definition) is 4. The molecule has 1 aliphatic rings. The lowest BCUT2D eigenvalue weighted by atomic mass is 9.93. The Bertz CT molecular complexity index is 1100. The molecule has 1 amide bonds. The number of para-hydroxylation sites is 1. The Morgan fingerprint density at radius 2 is 1.97 bits per heavy atom. The summed E-state index contributed by atoms with van der Waals surface area (Å²) in [6.45, 7) is 0.350. The predicted molar refractivity (Wildman–Crippen MR) is 110 cm³/mol. The molecular formula is C22H24FN3O4. The predicted octanol–water partition coefficient (Wildman–Crippen LogP) is 2.75. The molecule has 158 valence electrons. The van der Waals surface area contributed by atoms with Crippen LogP contribution in [0.1, 0.15) is 42.1 Å². The molecule has 0 unspecified atom stereocenters. The van der Waals surface area contributed by atoms with Gasteiger partial charge in [0.2, 0.25) is 0 Å². The number of hydrogen-bond donors (Lipinski definition) is 3. The summed E-state index contributed by atoms with van der Waals surface area (Å²) >= 11 is 0. The van der Waals surface area contributed by atoms with E-state index in [1.165, 1.54) is 12.1 Å². The van der Waals surface area contributed by atoms with E-state index in [1.54, 1.807) is 34.9 Å². The van der Waals surface area contributed by atoms with Gasteiger partial charge in [-0.1, -0.05) is 12.1 Å². The van der Waals surface area contributed by atoms with E-state index in [-0.39, 0.29) is 42.6 Å². The first-order chi connectivity index (χ1) is 14.5. The van der Waals surface area contributed by atoms with Gasteiger partial charge in [-0.15, -0.1) is 0 Å². The average Bonchev–Trinajstić information content (AvgIpc) is 3.07. The molecule has 0 atom stereocenters. The summed E-state index contributed by atoms with van der Waals surface area (Å²) in [5, 5.41) is 12.4. The third-order valence-corrected chi connectivity index (χ3v) is 5.49. The zero-order valence-electron chi connectivity index (χ0n) is 16.4. The van der Waals surface area contributed by atoms with Gasteiger partial charge in [0.25, 0.3) is 5.91 Å². The summed E-state index contributed by atoms with van der Waals surface area (Å²) in [7, 11) is 0. The minimum Gasteiger partial charge on any atom is -0.489 e. The topological polar surface area (TPSA) is 96.4 Å². The third-order valence-electron chi connectivity index (χ3n) is 5.49. The first-order valence-corrected chi connectivity index (χ1v) is 10.1. The Morgan fingerprint density at radius 1 is 1.20 bits per heavy atom. The lowest BCUT2D eigenvalue weighted by Crippen LogP contribution is -2.28. The molecular weight excluding hydrogens is 389 g/mol. The summed E-state index contributed by atoms with van der Waals surface area (Å²) in [6, 6.07) is 11.2. The van der Waals surface area contributed by atoms with Crippen LogP contribution in [0, 0.1) is 5.82 Å². The third kappa shape index (κ3) is 4.23. The number of benzene rings is 2. The summed E-state index contributed by atoms with van der Waals surface area (Å²) < 4.78 is 20.6. The fourth-order valence-electron chi connectivity index (χ4n) is 3.94. The molecule has 0 saturated heterocycles. The highest BCUT2D eigenvalue weighted by molar-refractivity contribution is 5.97. The number of aliphatic hydroxyl groups is 1. The van der Waals surface area contributed by atoms with Gasteiger partial charge in [-0.25, -0.2) is 9.18 Å². The van der Waals surface area contributed by atoms with Gasteiger partial charge in [0.1, 0.15) is 6.61 Å². The number of fused-ring (bicyclic) bond motifs is 1. The number of aromatic nitrogens is 2. The number of carbonyl (C=O) groups is 1. The van der Waals surface area contributed by atoms with Crippen molar-refractivity contribution in [1.82, 2.24) is 14.9 Å². The van der Waals surface area contributed by atoms with Crippen LogP contribution in [0.2, 0.25) is 0 Å². The number of nitrogens with one attached hydrogen (secondary N) is 2. The Hall–Kier alpha value is -3.13. The lowest BCUT2D eigenvalue weighted by molar-refractivity contribution is 0.0946. The Morgan fingerprint density at radius 3 is 2.73 bits per heavy atom. The lowest BCUT2D eigenvalue weighted by Gasteiger charge is -2.26. The van der Waals surface area contributed by atoms with Crippen LogP contribution in [0.25, 0.3) is 11.0 Å². The van der Waals surface area contributed by atoms with Gasteiger partial charge in [0.15, 0.2) is 11.6 Å². The van der Waals surface area contributed by atoms with E-state index >= 15 is 0 Å². The van der Waals surface area contributed by atoms with Gasteiger partial charge in [-0.05, 0) is 56.0 Å². The van der Waals surface area contributed by atoms with E-state index in [0.717, 1.165) is 18.4 Å². The molecule has 30 heavy (non-hydrogen) atoms. The second-order valence-corrected chi connectivity index (χ2v) is 7.53. The fourth-order valence-corrected chi connectivity index (χ4v) is 3.94. The van der Waals surface area contributed by atoms with Crippen molar-refractivity contribution in [1.29, 1.82) is 0 Å². The van der Waals surface area contributed by atoms with Gasteiger partial charge >= 0.3 is 5.69 Å². The molecule has 4 rings (SSSR count). The number of ether oxygens (including phenoxy) is 1. The van der Waals surface area contributed by atoms with Crippen molar-refractivity contribution in [2.75, 3.05) is 13.2 Å². The molecule has 2 aromatic carbocycles. The summed E-state index contributed by atoms with van der Waals surface area (Å²) in [6.07, 6.45) is 2.56. The maximum Gasteiger partial charge on any atom is 0.326 e. The van der Waals surface area contributed by atoms with Crippen molar-refractivity contribution in [2.45, 2.75) is 37.8 Å². The number of amides is 1. The molecule has 0 radical (unpaired) electrons. The number of imidazole rings is 1. The highest BCUT2D eigenvalue weighted by Gasteiger charge is 2.24. The number of carbonyl (C=O) groups excluding carboxylic acids is 1. The standard InChI is InChI=1S/C22H24FN3O4/c23-17-3-1-2-4-20(17)30-12-11-24-21(28)14-5-10-19-18(13-14)25-22(29)26(19)15-6-8-16(27)9-7-15/h1-5,10,13,15-16,27H,6-9,11-12H2,(H,24,28)(H,25,29). The molecule has 7 nitrogen and oxygen atoms in total. The Labute approximate surface area is 172 Å². The SMILES string of the molecule is O=C(NCCOc1ccccc1F)c1ccc2c(c1)[nH]c(=O)n2C1CCC(O)CC1. The van der Waals surface area contributed by atoms with Crippen LogP contribution in [0.3, 0.4) is 0 Å². The zero-order chi connectivity index (χ0) is 21.1. The molecule has 1 fully saturated rings. The van der Waals surface area contributed by atoms with Crippen molar-refractivity contribution >= 4 is 16.9 Å². The monoisotopic (exact) mass is 413 g/mol. The van der Waals surface area contributed by atoms with E-state index in [0.29, 0.717) is 23.9 Å². The van der Waals surface area contributed by atoms with E-state index in [1.807, 2.05) is 0 Å². The molecule has 0 bridgehead atoms. The first kappa shape index (κ1) is 20.2. The molecule has 1 aromatic heterocycles. The molecule has 3 N–H and O–H groups in total. The fraction of sp³-hybridized carbons (Fsp3) is 0.364. The van der Waals surface area contributed by atoms with E-state index < -0.39 is 5.82 Å². The van der Waals surface area contributed by atoms with Gasteiger partial charge in [-0.2, -0.15) is 0 Å². The molecule has 0 spiro atoms. The highest BCUT2D eigenvalue weighted by atomic mass is 19.1. The second-order valence-electron chi connectivity index (χ2n) is 7.53. The van der Waals surface area contributed by atoms with Crippen LogP contribution in [0.5, 0.6) is 5.75 Å². The summed E-state index contributed by atoms with van der Waals surface area (Å²) in [5.74, 6) is -0.610. The maximum atomic E-state index is 13.5. The summed E-state index contributed by atoms with van der Waals surface area (Å²) in [4.78, 5) is 27.7. The number of nitrogens with zero attached hydrogens (tertiary/aromatic N) is 1. The van der Waals surface area contributed by atoms with E-state index in [2.05, 4.69) is 10.3 Å². The molecule has 1 saturated carbocycles. The van der Waals surface area contributed by atoms with Crippen molar-refractivity contribution in [3.63, 3.8) is 0 Å². The van der Waals surface area contributed by atoms with Crippen LogP contribution >= 0.6 is 0 Å². The van der Waals surface area contributed by atoms with Crippen LogP contribution < -0.4 is 15.7 Å². The number of halogens is 1. The van der Waals surface area contributed by atoms with E-state index in [4.69, 9.17) is 4.74 Å². The van der Waals surface area contributed by atoms with Crippen LogP contribution in [-0.4, -0.2) is 39.8 Å². The Balaban J connectivity index is 1.40. The zero-order valence-corrected chi connectivity index (χ0v) is 16.4. The van der Waals surface area contributed by atoms with Crippen LogP contribution in [0.15, 0.2) is 47.3 Å². The number of aliphatic hydroxyl groups excluding tert-OH is 1. The van der Waals surface area contributed by atoms with Gasteiger partial charge in [0.05, 0.1) is 23.7 Å². The highest BCUT2D eigenvalue weighted by Crippen LogP contribution is 2.29. The van der Waals surface area contributed by atoms with Crippen molar-refractivity contribution < 1.29 is 19.0 Å². The average molecular weight is 413 g/mol.